The molecule has 0 radical (unpaired) electrons. The number of aromatic nitrogens is 1. The molecule has 0 bridgehead atoms. The predicted octanol–water partition coefficient (Wildman–Crippen LogP) is 3.66. The Morgan fingerprint density at radius 2 is 1.81 bits per heavy atom. The molecule has 0 N–H and O–H groups in total. The first-order valence-electron chi connectivity index (χ1n) is 10.7. The minimum atomic E-state index is -0.714. The van der Waals surface area contributed by atoms with Gasteiger partial charge in [0.1, 0.15) is 17.7 Å². The lowest BCUT2D eigenvalue weighted by atomic mass is 10.1. The van der Waals surface area contributed by atoms with E-state index in [1.54, 1.807) is 11.1 Å². The van der Waals surface area contributed by atoms with Crippen LogP contribution in [0.25, 0.3) is 0 Å². The van der Waals surface area contributed by atoms with Crippen molar-refractivity contribution < 1.29 is 23.0 Å². The minimum Gasteiger partial charge on any atom is -0.487 e. The molecule has 1 amide bonds. The maximum atomic E-state index is 13.8. The van der Waals surface area contributed by atoms with Gasteiger partial charge in [0, 0.05) is 51.3 Å². The molecule has 2 aliphatic heterocycles. The second-order valence-electron chi connectivity index (χ2n) is 8.25. The molecule has 0 aliphatic carbocycles. The number of anilines is 1. The van der Waals surface area contributed by atoms with Crippen LogP contribution in [0.2, 0.25) is 0 Å². The molecule has 2 aromatic rings. The summed E-state index contributed by atoms with van der Waals surface area (Å²) >= 11 is 0. The van der Waals surface area contributed by atoms with E-state index in [0.29, 0.717) is 31.5 Å². The van der Waals surface area contributed by atoms with Crippen LogP contribution in [0.1, 0.15) is 37.0 Å². The van der Waals surface area contributed by atoms with Gasteiger partial charge in [-0.3, -0.25) is 4.79 Å². The summed E-state index contributed by atoms with van der Waals surface area (Å²) in [6, 6.07) is 6.97. The smallest absolute Gasteiger partial charge is 0.255 e. The molecule has 1 aromatic carbocycles. The Bertz CT molecular complexity index is 907. The van der Waals surface area contributed by atoms with Crippen LogP contribution in [-0.4, -0.2) is 60.3 Å². The van der Waals surface area contributed by atoms with E-state index in [0.717, 1.165) is 25.0 Å². The van der Waals surface area contributed by atoms with Gasteiger partial charge in [0.25, 0.3) is 5.91 Å². The van der Waals surface area contributed by atoms with E-state index < -0.39 is 11.6 Å². The summed E-state index contributed by atoms with van der Waals surface area (Å²) in [4.78, 5) is 21.3. The van der Waals surface area contributed by atoms with Crippen molar-refractivity contribution in [1.82, 2.24) is 9.88 Å². The first kappa shape index (κ1) is 21.5. The lowest BCUT2D eigenvalue weighted by Crippen LogP contribution is -2.45. The number of ether oxygens (including phenoxy) is 2. The van der Waals surface area contributed by atoms with Gasteiger partial charge in [-0.15, -0.1) is 0 Å². The molecule has 2 atom stereocenters. The molecule has 0 spiro atoms. The summed E-state index contributed by atoms with van der Waals surface area (Å²) in [6.45, 7) is 6.63. The Balaban J connectivity index is 1.32. The second kappa shape index (κ2) is 9.18. The molecule has 3 heterocycles. The van der Waals surface area contributed by atoms with Gasteiger partial charge in [0.05, 0.1) is 17.8 Å². The van der Waals surface area contributed by atoms with Crippen LogP contribution in [0.5, 0.6) is 5.75 Å². The summed E-state index contributed by atoms with van der Waals surface area (Å²) in [5.41, 5.74) is 0.544. The highest BCUT2D eigenvalue weighted by Crippen LogP contribution is 2.24. The fraction of sp³-hybridized carbons (Fsp3) is 0.478. The zero-order valence-electron chi connectivity index (χ0n) is 17.8. The van der Waals surface area contributed by atoms with Crippen molar-refractivity contribution in [3.05, 3.63) is 53.7 Å². The fourth-order valence-corrected chi connectivity index (χ4v) is 4.17. The van der Waals surface area contributed by atoms with Gasteiger partial charge in [0.2, 0.25) is 0 Å². The number of piperidine rings is 1. The molecule has 4 rings (SSSR count). The molecule has 2 saturated heterocycles. The highest BCUT2D eigenvalue weighted by atomic mass is 19.1. The van der Waals surface area contributed by atoms with E-state index >= 15 is 0 Å². The predicted molar refractivity (Wildman–Crippen MR) is 112 cm³/mol. The monoisotopic (exact) mass is 431 g/mol. The summed E-state index contributed by atoms with van der Waals surface area (Å²) in [7, 11) is 0. The number of benzene rings is 1. The first-order valence-corrected chi connectivity index (χ1v) is 10.7. The van der Waals surface area contributed by atoms with Gasteiger partial charge in [0.15, 0.2) is 11.6 Å². The maximum Gasteiger partial charge on any atom is 0.255 e. The highest BCUT2D eigenvalue weighted by Gasteiger charge is 2.27. The fourth-order valence-electron chi connectivity index (χ4n) is 4.17. The van der Waals surface area contributed by atoms with Crippen LogP contribution in [0.3, 0.4) is 0 Å². The van der Waals surface area contributed by atoms with E-state index in [9.17, 15) is 13.6 Å². The molecule has 0 saturated carbocycles. The Morgan fingerprint density at radius 1 is 1.10 bits per heavy atom. The Hall–Kier alpha value is -2.74. The standard InChI is InChI=1S/C23H27F2N3O3/c1-15-13-28(14-16(2)30-15)22-6-3-17(12-26-22)23(29)27-9-7-19(8-10-27)31-21-5-4-18(24)11-20(21)25/h3-6,11-12,15-16,19H,7-10,13-14H2,1-2H3. The van der Waals surface area contributed by atoms with Crippen molar-refractivity contribution in [2.45, 2.75) is 45.0 Å². The van der Waals surface area contributed by atoms with Gasteiger partial charge in [-0.2, -0.15) is 0 Å². The van der Waals surface area contributed by atoms with Gasteiger partial charge >= 0.3 is 0 Å². The SMILES string of the molecule is CC1CN(c2ccc(C(=O)N3CCC(Oc4ccc(F)cc4F)CC3)cn2)CC(C)O1. The summed E-state index contributed by atoms with van der Waals surface area (Å²) < 4.78 is 38.3. The molecule has 31 heavy (non-hydrogen) atoms. The molecular weight excluding hydrogens is 404 g/mol. The van der Waals surface area contributed by atoms with Gasteiger partial charge < -0.3 is 19.3 Å². The number of nitrogens with zero attached hydrogens (tertiary/aromatic N) is 3. The van der Waals surface area contributed by atoms with E-state index in [4.69, 9.17) is 9.47 Å². The quantitative estimate of drug-likeness (QED) is 0.740. The number of carbonyl (C=O) groups is 1. The number of carbonyl (C=O) groups excluding carboxylic acids is 1. The van der Waals surface area contributed by atoms with Crippen LogP contribution in [0.4, 0.5) is 14.6 Å². The summed E-state index contributed by atoms with van der Waals surface area (Å²) in [5.74, 6) is -0.546. The molecule has 1 aromatic heterocycles. The molecule has 166 valence electrons. The molecular formula is C23H27F2N3O3. The van der Waals surface area contributed by atoms with E-state index in [2.05, 4.69) is 9.88 Å². The number of pyridine rings is 1. The third-order valence-corrected chi connectivity index (χ3v) is 5.66. The highest BCUT2D eigenvalue weighted by molar-refractivity contribution is 5.94. The van der Waals surface area contributed by atoms with Gasteiger partial charge in [-0.1, -0.05) is 0 Å². The minimum absolute atomic E-state index is 0.0396. The largest absolute Gasteiger partial charge is 0.487 e. The van der Waals surface area contributed by atoms with E-state index in [1.165, 1.54) is 12.1 Å². The third kappa shape index (κ3) is 5.12. The Kier molecular flexibility index (Phi) is 6.36. The molecule has 8 heteroatoms. The van der Waals surface area contributed by atoms with Crippen LogP contribution < -0.4 is 9.64 Å². The number of halogens is 2. The third-order valence-electron chi connectivity index (χ3n) is 5.66. The zero-order chi connectivity index (χ0) is 22.0. The number of hydrogen-bond acceptors (Lipinski definition) is 5. The van der Waals surface area contributed by atoms with E-state index in [1.807, 2.05) is 26.0 Å². The van der Waals surface area contributed by atoms with E-state index in [-0.39, 0.29) is 30.0 Å². The average molecular weight is 431 g/mol. The normalized spacial score (nSPS) is 22.5. The number of rotatable bonds is 4. The van der Waals surface area contributed by atoms with Crippen molar-refractivity contribution in [3.63, 3.8) is 0 Å². The molecule has 2 fully saturated rings. The van der Waals surface area contributed by atoms with Crippen LogP contribution in [0, 0.1) is 11.6 Å². The topological polar surface area (TPSA) is 54.9 Å². The Labute approximate surface area is 180 Å². The van der Waals surface area contributed by atoms with Crippen molar-refractivity contribution in [3.8, 4) is 5.75 Å². The average Bonchev–Trinajstić information content (AvgIpc) is 2.75. The molecule has 2 unspecified atom stereocenters. The zero-order valence-corrected chi connectivity index (χ0v) is 17.8. The van der Waals surface area contributed by atoms with Crippen LogP contribution in [-0.2, 0) is 4.74 Å². The Morgan fingerprint density at radius 3 is 2.42 bits per heavy atom. The van der Waals surface area contributed by atoms with Crippen molar-refractivity contribution in [2.24, 2.45) is 0 Å². The van der Waals surface area contributed by atoms with Gasteiger partial charge in [-0.05, 0) is 38.1 Å². The molecule has 2 aliphatic rings. The number of morpholine rings is 1. The second-order valence-corrected chi connectivity index (χ2v) is 8.25. The van der Waals surface area contributed by atoms with Gasteiger partial charge in [-0.25, -0.2) is 13.8 Å². The van der Waals surface area contributed by atoms with Crippen molar-refractivity contribution in [2.75, 3.05) is 31.1 Å². The summed E-state index contributed by atoms with van der Waals surface area (Å²) in [5, 5.41) is 0. The lowest BCUT2D eigenvalue weighted by molar-refractivity contribution is -0.00546. The first-order chi connectivity index (χ1) is 14.9. The summed E-state index contributed by atoms with van der Waals surface area (Å²) in [6.07, 6.45) is 2.85. The maximum absolute atomic E-state index is 13.8. The molecule has 6 nitrogen and oxygen atoms in total. The number of likely N-dealkylation sites (tertiary alicyclic amines) is 1. The van der Waals surface area contributed by atoms with Crippen molar-refractivity contribution >= 4 is 11.7 Å². The van der Waals surface area contributed by atoms with Crippen molar-refractivity contribution in [1.29, 1.82) is 0 Å². The van der Waals surface area contributed by atoms with Crippen LogP contribution >= 0.6 is 0 Å². The number of amides is 1. The lowest BCUT2D eigenvalue weighted by Gasteiger charge is -2.36. The number of hydrogen-bond donors (Lipinski definition) is 0. The van der Waals surface area contributed by atoms with Crippen LogP contribution in [0.15, 0.2) is 36.5 Å².